The molecule has 0 saturated heterocycles. The summed E-state index contributed by atoms with van der Waals surface area (Å²) in [6.07, 6.45) is 4.74. The number of hydrogen-bond acceptors (Lipinski definition) is 3. The minimum Gasteiger partial charge on any atom is -0.508 e. The molecule has 1 aromatic rings. The lowest BCUT2D eigenvalue weighted by atomic mass is 9.86. The molecule has 0 unspecified atom stereocenters. The second-order valence-corrected chi connectivity index (χ2v) is 4.97. The predicted molar refractivity (Wildman–Crippen MR) is 72.6 cm³/mol. The van der Waals surface area contributed by atoms with E-state index >= 15 is 0 Å². The number of rotatable bonds is 2. The normalized spacial score (nSPS) is 22.2. The molecular formula is C15H19NO2. The largest absolute Gasteiger partial charge is 0.508 e. The number of nitrogens with one attached hydrogen (secondary N) is 1. The van der Waals surface area contributed by atoms with E-state index in [1.807, 2.05) is 26.1 Å². The number of Topliss-reactive ketones (excluding diaryl/α,β-unsaturated/α-hetero) is 1. The van der Waals surface area contributed by atoms with Gasteiger partial charge in [-0.05, 0) is 49.9 Å². The van der Waals surface area contributed by atoms with Crippen LogP contribution >= 0.6 is 0 Å². The summed E-state index contributed by atoms with van der Waals surface area (Å²) < 4.78 is 0. The number of allylic oxidation sites excluding steroid dienone is 1. The van der Waals surface area contributed by atoms with E-state index in [-0.39, 0.29) is 17.5 Å². The fraction of sp³-hybridized carbons (Fsp3) is 0.400. The average molecular weight is 245 g/mol. The summed E-state index contributed by atoms with van der Waals surface area (Å²) >= 11 is 0. The van der Waals surface area contributed by atoms with Gasteiger partial charge in [0.1, 0.15) is 5.75 Å². The summed E-state index contributed by atoms with van der Waals surface area (Å²) in [6.45, 7) is 3.91. The quantitative estimate of drug-likeness (QED) is 0.620. The number of carbonyl (C=O) groups is 1. The lowest BCUT2D eigenvalue weighted by molar-refractivity contribution is -0.119. The molecule has 0 amide bonds. The molecule has 0 radical (unpaired) electrons. The highest BCUT2D eigenvalue weighted by atomic mass is 16.3. The van der Waals surface area contributed by atoms with Gasteiger partial charge in [-0.15, -0.1) is 0 Å². The second-order valence-electron chi connectivity index (χ2n) is 4.97. The van der Waals surface area contributed by atoms with E-state index in [9.17, 15) is 9.90 Å². The van der Waals surface area contributed by atoms with Crippen molar-refractivity contribution in [2.24, 2.45) is 5.92 Å². The van der Waals surface area contributed by atoms with Crippen LogP contribution in [0.2, 0.25) is 0 Å². The van der Waals surface area contributed by atoms with Crippen molar-refractivity contribution in [2.45, 2.75) is 33.1 Å². The van der Waals surface area contributed by atoms with Crippen LogP contribution in [0.1, 0.15) is 31.7 Å². The van der Waals surface area contributed by atoms with Crippen molar-refractivity contribution >= 4 is 11.5 Å². The van der Waals surface area contributed by atoms with Gasteiger partial charge in [0.15, 0.2) is 5.78 Å². The first-order valence-corrected chi connectivity index (χ1v) is 6.37. The van der Waals surface area contributed by atoms with Gasteiger partial charge < -0.3 is 10.4 Å². The van der Waals surface area contributed by atoms with Gasteiger partial charge in [0.25, 0.3) is 0 Å². The highest BCUT2D eigenvalue weighted by Gasteiger charge is 2.22. The smallest absolute Gasteiger partial charge is 0.163 e. The third-order valence-electron chi connectivity index (χ3n) is 3.46. The van der Waals surface area contributed by atoms with Gasteiger partial charge in [-0.2, -0.15) is 0 Å². The zero-order valence-corrected chi connectivity index (χ0v) is 10.9. The Balaban J connectivity index is 2.12. The SMILES string of the molecule is Cc1cc(O)ccc1N/C=C1\CCC[C@@H](C)C1=O. The van der Waals surface area contributed by atoms with Crippen molar-refractivity contribution in [3.63, 3.8) is 0 Å². The summed E-state index contributed by atoms with van der Waals surface area (Å²) in [5.41, 5.74) is 2.76. The van der Waals surface area contributed by atoms with Crippen molar-refractivity contribution in [3.05, 3.63) is 35.5 Å². The molecule has 0 spiro atoms. The van der Waals surface area contributed by atoms with Gasteiger partial charge >= 0.3 is 0 Å². The average Bonchev–Trinajstić information content (AvgIpc) is 2.33. The topological polar surface area (TPSA) is 49.3 Å². The van der Waals surface area contributed by atoms with Crippen LogP contribution in [-0.2, 0) is 4.79 Å². The highest BCUT2D eigenvalue weighted by molar-refractivity contribution is 5.97. The Morgan fingerprint density at radius 3 is 2.94 bits per heavy atom. The maximum Gasteiger partial charge on any atom is 0.163 e. The number of phenols is 1. The maximum atomic E-state index is 11.9. The molecular weight excluding hydrogens is 226 g/mol. The van der Waals surface area contributed by atoms with Crippen molar-refractivity contribution < 1.29 is 9.90 Å². The summed E-state index contributed by atoms with van der Waals surface area (Å²) in [7, 11) is 0. The third kappa shape index (κ3) is 2.73. The van der Waals surface area contributed by atoms with Crippen LogP contribution in [0.4, 0.5) is 5.69 Å². The van der Waals surface area contributed by atoms with Crippen molar-refractivity contribution in [3.8, 4) is 5.75 Å². The minimum atomic E-state index is 0.146. The van der Waals surface area contributed by atoms with Crippen LogP contribution in [0, 0.1) is 12.8 Å². The van der Waals surface area contributed by atoms with Crippen LogP contribution in [0.5, 0.6) is 5.75 Å². The van der Waals surface area contributed by atoms with Crippen LogP contribution in [0.25, 0.3) is 0 Å². The Morgan fingerprint density at radius 1 is 1.44 bits per heavy atom. The van der Waals surface area contributed by atoms with Gasteiger partial charge in [0.2, 0.25) is 0 Å². The number of ketones is 1. The summed E-state index contributed by atoms with van der Waals surface area (Å²) in [6, 6.07) is 5.16. The summed E-state index contributed by atoms with van der Waals surface area (Å²) in [5, 5.41) is 12.5. The number of benzene rings is 1. The zero-order chi connectivity index (χ0) is 13.1. The van der Waals surface area contributed by atoms with Crippen molar-refractivity contribution in [2.75, 3.05) is 5.32 Å². The van der Waals surface area contributed by atoms with E-state index < -0.39 is 0 Å². The molecule has 1 aromatic carbocycles. The van der Waals surface area contributed by atoms with E-state index in [1.165, 1.54) is 0 Å². The van der Waals surface area contributed by atoms with Gasteiger partial charge in [0, 0.05) is 23.4 Å². The van der Waals surface area contributed by atoms with Gasteiger partial charge in [-0.25, -0.2) is 0 Å². The Morgan fingerprint density at radius 2 is 2.22 bits per heavy atom. The molecule has 2 N–H and O–H groups in total. The fourth-order valence-corrected chi connectivity index (χ4v) is 2.29. The molecule has 18 heavy (non-hydrogen) atoms. The summed E-state index contributed by atoms with van der Waals surface area (Å²) in [5.74, 6) is 0.658. The Hall–Kier alpha value is -1.77. The molecule has 1 aliphatic rings. The number of aromatic hydroxyl groups is 1. The monoisotopic (exact) mass is 245 g/mol. The Bertz CT molecular complexity index is 491. The second kappa shape index (κ2) is 5.25. The molecule has 0 aliphatic heterocycles. The standard InChI is InChI=1S/C15H19NO2/c1-10-4-3-5-12(15(10)18)9-16-14-7-6-13(17)8-11(14)2/h6-10,16-17H,3-5H2,1-2H3/b12-9+/t10-/m1/s1. The minimum absolute atomic E-state index is 0.146. The van der Waals surface area contributed by atoms with Crippen LogP contribution in [-0.4, -0.2) is 10.9 Å². The molecule has 1 aliphatic carbocycles. The molecule has 0 bridgehead atoms. The Kier molecular flexibility index (Phi) is 3.70. The molecule has 0 aromatic heterocycles. The fourth-order valence-electron chi connectivity index (χ4n) is 2.29. The van der Waals surface area contributed by atoms with E-state index in [0.29, 0.717) is 0 Å². The molecule has 3 nitrogen and oxygen atoms in total. The molecule has 1 saturated carbocycles. The van der Waals surface area contributed by atoms with Crippen molar-refractivity contribution in [1.82, 2.24) is 0 Å². The lowest BCUT2D eigenvalue weighted by Crippen LogP contribution is -2.19. The van der Waals surface area contributed by atoms with E-state index in [2.05, 4.69) is 5.32 Å². The van der Waals surface area contributed by atoms with Gasteiger partial charge in [0.05, 0.1) is 0 Å². The molecule has 0 heterocycles. The molecule has 1 atom stereocenters. The first kappa shape index (κ1) is 12.7. The zero-order valence-electron chi connectivity index (χ0n) is 10.9. The molecule has 3 heteroatoms. The molecule has 1 fully saturated rings. The third-order valence-corrected chi connectivity index (χ3v) is 3.46. The summed E-state index contributed by atoms with van der Waals surface area (Å²) in [4.78, 5) is 11.9. The van der Waals surface area contributed by atoms with E-state index in [4.69, 9.17) is 0 Å². The highest BCUT2D eigenvalue weighted by Crippen LogP contribution is 2.26. The Labute approximate surface area is 108 Å². The van der Waals surface area contributed by atoms with Crippen molar-refractivity contribution in [1.29, 1.82) is 0 Å². The van der Waals surface area contributed by atoms with Crippen LogP contribution < -0.4 is 5.32 Å². The van der Waals surface area contributed by atoms with E-state index in [1.54, 1.807) is 12.1 Å². The molecule has 2 rings (SSSR count). The van der Waals surface area contributed by atoms with Gasteiger partial charge in [-0.1, -0.05) is 6.92 Å². The predicted octanol–water partition coefficient (Wildman–Crippen LogP) is 3.39. The van der Waals surface area contributed by atoms with E-state index in [0.717, 1.165) is 36.1 Å². The first-order valence-electron chi connectivity index (χ1n) is 6.37. The molecule has 96 valence electrons. The number of phenolic OH excluding ortho intramolecular Hbond substituents is 1. The van der Waals surface area contributed by atoms with Crippen LogP contribution in [0.3, 0.4) is 0 Å². The maximum absolute atomic E-state index is 11.9. The number of aryl methyl sites for hydroxylation is 1. The number of anilines is 1. The lowest BCUT2D eigenvalue weighted by Gasteiger charge is -2.19. The number of hydrogen-bond donors (Lipinski definition) is 2. The van der Waals surface area contributed by atoms with Crippen LogP contribution in [0.15, 0.2) is 30.0 Å². The van der Waals surface area contributed by atoms with Gasteiger partial charge in [-0.3, -0.25) is 4.79 Å². The number of carbonyl (C=O) groups excluding carboxylic acids is 1. The first-order chi connectivity index (χ1) is 8.58.